The highest BCUT2D eigenvalue weighted by molar-refractivity contribution is 6.33. The van der Waals surface area contributed by atoms with Gasteiger partial charge in [-0.1, -0.05) is 11.6 Å². The third-order valence-corrected chi connectivity index (χ3v) is 4.76. The Labute approximate surface area is 154 Å². The number of amides is 1. The molecule has 1 fully saturated rings. The SMILES string of the molecule is O=C(c1cc(-n2ccc3ncccc3c2=O)ccc1Cl)N1CCOCC1. The molecule has 1 aliphatic heterocycles. The topological polar surface area (TPSA) is 64.4 Å². The lowest BCUT2D eigenvalue weighted by atomic mass is 10.1. The molecule has 0 aliphatic carbocycles. The minimum atomic E-state index is -0.192. The number of morpholine rings is 1. The molecular weight excluding hydrogens is 354 g/mol. The number of benzene rings is 1. The van der Waals surface area contributed by atoms with Gasteiger partial charge in [0.2, 0.25) is 0 Å². The van der Waals surface area contributed by atoms with Crippen LogP contribution in [0.4, 0.5) is 0 Å². The van der Waals surface area contributed by atoms with Gasteiger partial charge in [0.15, 0.2) is 0 Å². The van der Waals surface area contributed by atoms with Gasteiger partial charge in [0.05, 0.1) is 34.7 Å². The molecule has 6 nitrogen and oxygen atoms in total. The van der Waals surface area contributed by atoms with Gasteiger partial charge in [0, 0.05) is 31.2 Å². The first-order chi connectivity index (χ1) is 12.6. The molecule has 1 aliphatic rings. The Balaban J connectivity index is 1.78. The maximum atomic E-state index is 12.8. The minimum absolute atomic E-state index is 0.157. The molecule has 0 spiro atoms. The number of halogens is 1. The summed E-state index contributed by atoms with van der Waals surface area (Å²) in [6.07, 6.45) is 3.30. The highest BCUT2D eigenvalue weighted by Gasteiger charge is 2.21. The van der Waals surface area contributed by atoms with Crippen LogP contribution in [0.5, 0.6) is 0 Å². The molecule has 26 heavy (non-hydrogen) atoms. The molecule has 132 valence electrons. The van der Waals surface area contributed by atoms with Crippen LogP contribution in [0.25, 0.3) is 16.6 Å². The molecule has 4 rings (SSSR count). The maximum Gasteiger partial charge on any atom is 0.264 e. The summed E-state index contributed by atoms with van der Waals surface area (Å²) < 4.78 is 6.78. The summed E-state index contributed by atoms with van der Waals surface area (Å²) in [5.74, 6) is -0.157. The van der Waals surface area contributed by atoms with Crippen molar-refractivity contribution in [2.75, 3.05) is 26.3 Å². The minimum Gasteiger partial charge on any atom is -0.378 e. The first-order valence-electron chi connectivity index (χ1n) is 8.28. The van der Waals surface area contributed by atoms with Gasteiger partial charge in [-0.25, -0.2) is 0 Å². The van der Waals surface area contributed by atoms with Crippen molar-refractivity contribution in [2.45, 2.75) is 0 Å². The van der Waals surface area contributed by atoms with Crippen molar-refractivity contribution in [3.8, 4) is 5.69 Å². The number of carbonyl (C=O) groups excluding carboxylic acids is 1. The van der Waals surface area contributed by atoms with Crippen molar-refractivity contribution in [3.63, 3.8) is 0 Å². The Morgan fingerprint density at radius 3 is 2.77 bits per heavy atom. The van der Waals surface area contributed by atoms with Gasteiger partial charge < -0.3 is 9.64 Å². The van der Waals surface area contributed by atoms with Crippen molar-refractivity contribution in [3.05, 3.63) is 69.7 Å². The van der Waals surface area contributed by atoms with E-state index in [0.29, 0.717) is 53.5 Å². The number of fused-ring (bicyclic) bond motifs is 1. The summed E-state index contributed by atoms with van der Waals surface area (Å²) in [4.78, 5) is 31.5. The predicted molar refractivity (Wildman–Crippen MR) is 99.1 cm³/mol. The fourth-order valence-corrected chi connectivity index (χ4v) is 3.24. The van der Waals surface area contributed by atoms with Crippen LogP contribution in [0.2, 0.25) is 5.02 Å². The molecule has 3 aromatic rings. The second kappa shape index (κ2) is 6.90. The number of hydrogen-bond donors (Lipinski definition) is 0. The number of pyridine rings is 2. The zero-order chi connectivity index (χ0) is 18.1. The lowest BCUT2D eigenvalue weighted by Gasteiger charge is -2.27. The summed E-state index contributed by atoms with van der Waals surface area (Å²) in [7, 11) is 0. The average Bonchev–Trinajstić information content (AvgIpc) is 2.69. The van der Waals surface area contributed by atoms with E-state index >= 15 is 0 Å². The van der Waals surface area contributed by atoms with E-state index < -0.39 is 0 Å². The van der Waals surface area contributed by atoms with E-state index in [1.807, 2.05) is 0 Å². The van der Waals surface area contributed by atoms with Crippen LogP contribution in [0, 0.1) is 0 Å². The lowest BCUT2D eigenvalue weighted by molar-refractivity contribution is 0.0303. The molecule has 0 N–H and O–H groups in total. The molecule has 0 atom stereocenters. The van der Waals surface area contributed by atoms with Crippen LogP contribution in [-0.4, -0.2) is 46.7 Å². The van der Waals surface area contributed by atoms with Gasteiger partial charge in [-0.15, -0.1) is 0 Å². The van der Waals surface area contributed by atoms with Gasteiger partial charge >= 0.3 is 0 Å². The van der Waals surface area contributed by atoms with Crippen LogP contribution in [0.15, 0.2) is 53.6 Å². The highest BCUT2D eigenvalue weighted by atomic mass is 35.5. The van der Waals surface area contributed by atoms with Crippen LogP contribution < -0.4 is 5.56 Å². The van der Waals surface area contributed by atoms with Crippen LogP contribution >= 0.6 is 11.6 Å². The lowest BCUT2D eigenvalue weighted by Crippen LogP contribution is -2.40. The second-order valence-electron chi connectivity index (χ2n) is 6.00. The molecule has 1 saturated heterocycles. The summed E-state index contributed by atoms with van der Waals surface area (Å²) in [5.41, 5.74) is 1.40. The Morgan fingerprint density at radius 1 is 1.15 bits per heavy atom. The van der Waals surface area contributed by atoms with Crippen LogP contribution in [0.3, 0.4) is 0 Å². The standard InChI is InChI=1S/C19H16ClN3O3/c20-16-4-3-13(12-15(16)18(24)22-8-10-26-11-9-22)23-7-5-17-14(19(23)25)2-1-6-21-17/h1-7,12H,8-11H2. The van der Waals surface area contributed by atoms with E-state index in [0.717, 1.165) is 0 Å². The normalized spacial score (nSPS) is 14.6. The zero-order valence-corrected chi connectivity index (χ0v) is 14.6. The molecule has 7 heteroatoms. The summed E-state index contributed by atoms with van der Waals surface area (Å²) in [5, 5.41) is 0.881. The highest BCUT2D eigenvalue weighted by Crippen LogP contribution is 2.22. The number of ether oxygens (including phenoxy) is 1. The molecule has 0 bridgehead atoms. The van der Waals surface area contributed by atoms with Crippen LogP contribution in [0.1, 0.15) is 10.4 Å². The number of rotatable bonds is 2. The molecule has 0 saturated carbocycles. The molecule has 0 radical (unpaired) electrons. The molecule has 2 aromatic heterocycles. The van der Waals surface area contributed by atoms with Crippen molar-refractivity contribution in [2.24, 2.45) is 0 Å². The average molecular weight is 370 g/mol. The first-order valence-corrected chi connectivity index (χ1v) is 8.66. The Morgan fingerprint density at radius 2 is 1.96 bits per heavy atom. The number of nitrogens with zero attached hydrogens (tertiary/aromatic N) is 3. The first kappa shape index (κ1) is 16.8. The van der Waals surface area contributed by atoms with Gasteiger partial charge in [-0.2, -0.15) is 0 Å². The zero-order valence-electron chi connectivity index (χ0n) is 13.9. The van der Waals surface area contributed by atoms with Crippen LogP contribution in [-0.2, 0) is 4.74 Å². The monoisotopic (exact) mass is 369 g/mol. The van der Waals surface area contributed by atoms with E-state index in [1.54, 1.807) is 53.7 Å². The van der Waals surface area contributed by atoms with E-state index in [2.05, 4.69) is 4.98 Å². The van der Waals surface area contributed by atoms with Crippen molar-refractivity contribution >= 4 is 28.4 Å². The third kappa shape index (κ3) is 2.98. The third-order valence-electron chi connectivity index (χ3n) is 4.43. The van der Waals surface area contributed by atoms with E-state index in [-0.39, 0.29) is 11.5 Å². The molecule has 1 aromatic carbocycles. The van der Waals surface area contributed by atoms with Gasteiger partial charge in [0.25, 0.3) is 11.5 Å². The number of hydrogen-bond acceptors (Lipinski definition) is 4. The van der Waals surface area contributed by atoms with Gasteiger partial charge in [0.1, 0.15) is 0 Å². The summed E-state index contributed by atoms with van der Waals surface area (Å²) in [6.45, 7) is 2.09. The van der Waals surface area contributed by atoms with E-state index in [4.69, 9.17) is 16.3 Å². The predicted octanol–water partition coefficient (Wildman–Crippen LogP) is 2.51. The van der Waals surface area contributed by atoms with Crippen molar-refractivity contribution in [1.82, 2.24) is 14.5 Å². The summed E-state index contributed by atoms with van der Waals surface area (Å²) >= 11 is 6.26. The molecule has 3 heterocycles. The van der Waals surface area contributed by atoms with E-state index in [9.17, 15) is 9.59 Å². The second-order valence-corrected chi connectivity index (χ2v) is 6.40. The number of carbonyl (C=O) groups is 1. The largest absolute Gasteiger partial charge is 0.378 e. The van der Waals surface area contributed by atoms with Crippen molar-refractivity contribution < 1.29 is 9.53 Å². The number of aromatic nitrogens is 2. The Hall–Kier alpha value is -2.70. The quantitative estimate of drug-likeness (QED) is 0.696. The van der Waals surface area contributed by atoms with Gasteiger partial charge in [-0.3, -0.25) is 19.1 Å². The smallest absolute Gasteiger partial charge is 0.264 e. The molecule has 1 amide bonds. The fourth-order valence-electron chi connectivity index (χ4n) is 3.04. The fraction of sp³-hybridized carbons (Fsp3) is 0.211. The molecular formula is C19H16ClN3O3. The van der Waals surface area contributed by atoms with Crippen molar-refractivity contribution in [1.29, 1.82) is 0 Å². The Bertz CT molecular complexity index is 1040. The summed E-state index contributed by atoms with van der Waals surface area (Å²) in [6, 6.07) is 10.3. The Kier molecular flexibility index (Phi) is 4.44. The maximum absolute atomic E-state index is 12.8. The molecule has 0 unspecified atom stereocenters. The van der Waals surface area contributed by atoms with Gasteiger partial charge in [-0.05, 0) is 36.4 Å². The van der Waals surface area contributed by atoms with E-state index in [1.165, 1.54) is 4.57 Å².